The number of amides is 3. The average molecular weight is 822 g/mol. The summed E-state index contributed by atoms with van der Waals surface area (Å²) >= 11 is 0. The molecule has 0 N–H and O–H groups in total. The topological polar surface area (TPSA) is 112 Å². The van der Waals surface area contributed by atoms with Crippen LogP contribution in [0, 0.1) is 0 Å². The van der Waals surface area contributed by atoms with E-state index >= 15 is 0 Å². The van der Waals surface area contributed by atoms with Crippen LogP contribution in [-0.2, 0) is 45.8 Å². The Kier molecular flexibility index (Phi) is 48.4. The Morgan fingerprint density at radius 3 is 0.600 bits per heavy atom. The molecule has 0 aliphatic rings. The molecule has 3 amide bonds. The van der Waals surface area contributed by atoms with Crippen LogP contribution in [0.2, 0.25) is 0 Å². The quantitative estimate of drug-likeness (QED) is 0.0481. The molecule has 0 aromatic carbocycles. The van der Waals surface area contributed by atoms with E-state index in [1.54, 1.807) is 0 Å². The van der Waals surface area contributed by atoms with Crippen LogP contribution in [-0.4, -0.2) is 89.0 Å². The van der Waals surface area contributed by atoms with Crippen molar-refractivity contribution in [3.8, 4) is 0 Å². The summed E-state index contributed by atoms with van der Waals surface area (Å²) < 4.78 is 0. The zero-order chi connectivity index (χ0) is 41.4. The molecule has 0 rings (SSSR count). The van der Waals surface area contributed by atoms with E-state index in [1.165, 1.54) is 0 Å². The van der Waals surface area contributed by atoms with Gasteiger partial charge in [0.1, 0.15) is 17.3 Å². The number of unbranched alkanes of at least 4 members (excludes halogenated alkanes) is 9. The van der Waals surface area contributed by atoms with E-state index in [-0.39, 0.29) is 71.4 Å². The molecule has 326 valence electrons. The van der Waals surface area contributed by atoms with E-state index in [0.29, 0.717) is 19.3 Å². The largest absolute Gasteiger partial charge is 0.342 e. The number of rotatable bonds is 33. The van der Waals surface area contributed by atoms with Gasteiger partial charge >= 0.3 is 0 Å². The fraction of sp³-hybridized carbons (Fsp3) is 0.867. The molecule has 0 atom stereocenters. The molecule has 0 unspecified atom stereocenters. The van der Waals surface area contributed by atoms with Gasteiger partial charge in [0, 0.05) is 75.6 Å². The first kappa shape index (κ1) is 59.6. The van der Waals surface area contributed by atoms with Crippen molar-refractivity contribution in [1.29, 1.82) is 0 Å². The van der Waals surface area contributed by atoms with Crippen molar-refractivity contribution >= 4 is 35.1 Å². The van der Waals surface area contributed by atoms with E-state index in [2.05, 4.69) is 62.3 Å². The molecule has 10 heteroatoms. The Hall–Kier alpha value is -2.06. The first-order chi connectivity index (χ1) is 26.0. The summed E-state index contributed by atoms with van der Waals surface area (Å²) in [5, 5.41) is 0. The summed E-state index contributed by atoms with van der Waals surface area (Å²) in [4.78, 5) is 76.6. The second-order valence-corrected chi connectivity index (χ2v) is 14.7. The van der Waals surface area contributed by atoms with Gasteiger partial charge in [0.15, 0.2) is 0 Å². The van der Waals surface area contributed by atoms with Crippen LogP contribution < -0.4 is 0 Å². The molecule has 9 nitrogen and oxygen atoms in total. The third kappa shape index (κ3) is 38.6. The molecule has 0 bridgehead atoms. The van der Waals surface area contributed by atoms with Crippen LogP contribution in [0.5, 0.6) is 0 Å². The molecule has 0 fully saturated rings. The monoisotopic (exact) mass is 822 g/mol. The molecule has 0 aromatic rings. The van der Waals surface area contributed by atoms with Crippen molar-refractivity contribution in [3.05, 3.63) is 0 Å². The van der Waals surface area contributed by atoms with Gasteiger partial charge in [-0.05, 0) is 57.8 Å². The van der Waals surface area contributed by atoms with E-state index in [0.717, 1.165) is 155 Å². The molecule has 0 aliphatic carbocycles. The van der Waals surface area contributed by atoms with Crippen LogP contribution >= 0.6 is 0 Å². The van der Waals surface area contributed by atoms with E-state index in [9.17, 15) is 28.8 Å². The molecule has 0 aliphatic heterocycles. The number of hydrogen-bond donors (Lipinski definition) is 0. The van der Waals surface area contributed by atoms with Gasteiger partial charge in [0.25, 0.3) is 0 Å². The van der Waals surface area contributed by atoms with E-state index < -0.39 is 0 Å². The predicted octanol–water partition coefficient (Wildman–Crippen LogP) is 10.7. The third-order valence-electron chi connectivity index (χ3n) is 9.22. The van der Waals surface area contributed by atoms with Gasteiger partial charge in [-0.25, -0.2) is 0 Å². The maximum Gasteiger partial charge on any atom is 0.230 e. The summed E-state index contributed by atoms with van der Waals surface area (Å²) in [6.45, 7) is 23.7. The summed E-state index contributed by atoms with van der Waals surface area (Å²) in [6.07, 6.45) is 20.4. The smallest absolute Gasteiger partial charge is 0.230 e. The normalized spacial score (nSPS) is 10.2. The summed E-state index contributed by atoms with van der Waals surface area (Å²) in [5.41, 5.74) is 0. The van der Waals surface area contributed by atoms with Gasteiger partial charge in [0.2, 0.25) is 17.7 Å². The fourth-order valence-corrected chi connectivity index (χ4v) is 5.41. The Morgan fingerprint density at radius 2 is 0.455 bits per heavy atom. The minimum Gasteiger partial charge on any atom is -0.342 e. The number of carbonyl (C=O) groups excluding carboxylic acids is 6. The molecular weight excluding hydrogens is 734 g/mol. The van der Waals surface area contributed by atoms with Gasteiger partial charge in [-0.2, -0.15) is 0 Å². The Bertz CT molecular complexity index is 818. The Labute approximate surface area is 350 Å². The molecule has 0 radical (unpaired) electrons. The van der Waals surface area contributed by atoms with Gasteiger partial charge in [0.05, 0.1) is 19.3 Å². The van der Waals surface area contributed by atoms with Crippen LogP contribution in [0.1, 0.15) is 216 Å². The van der Waals surface area contributed by atoms with Crippen molar-refractivity contribution in [2.24, 2.45) is 0 Å². The standard InChI is InChI=1S/3C15H29NO2.Fe/c3*1-4-7-10-14(17)13-15(18)16(11-8-5-2)12-9-6-3;/h3*4-13H2,1-3H3;. The Morgan fingerprint density at radius 1 is 0.291 bits per heavy atom. The summed E-state index contributed by atoms with van der Waals surface area (Å²) in [5.74, 6) is 0.369. The van der Waals surface area contributed by atoms with Crippen molar-refractivity contribution in [2.75, 3.05) is 39.3 Å². The number of Topliss-reactive ketones (excluding diaryl/α,β-unsaturated/α-hetero) is 3. The molecule has 0 heterocycles. The van der Waals surface area contributed by atoms with E-state index in [4.69, 9.17) is 0 Å². The molecule has 0 saturated heterocycles. The minimum absolute atomic E-state index is 0. The van der Waals surface area contributed by atoms with Crippen LogP contribution in [0.15, 0.2) is 0 Å². The second-order valence-electron chi connectivity index (χ2n) is 14.7. The molecular formula is C45H87FeN3O6. The Balaban J connectivity index is -0.000000351. The van der Waals surface area contributed by atoms with E-state index in [1.807, 2.05) is 14.7 Å². The van der Waals surface area contributed by atoms with Crippen molar-refractivity contribution < 1.29 is 45.8 Å². The zero-order valence-electron chi connectivity index (χ0n) is 37.4. The van der Waals surface area contributed by atoms with Gasteiger partial charge in [-0.15, -0.1) is 0 Å². The second kappa shape index (κ2) is 44.7. The minimum atomic E-state index is 0. The first-order valence-corrected chi connectivity index (χ1v) is 22.3. The molecule has 55 heavy (non-hydrogen) atoms. The SMILES string of the molecule is CCCCC(=O)CC(=O)N(CCCC)CCCC.CCCCC(=O)CC(=O)N(CCCC)CCCC.CCCCC(=O)CC(=O)N(CCCC)CCCC.[Fe]. The van der Waals surface area contributed by atoms with Gasteiger partial charge in [-0.1, -0.05) is 120 Å². The molecule has 0 saturated carbocycles. The van der Waals surface area contributed by atoms with Crippen LogP contribution in [0.4, 0.5) is 0 Å². The summed E-state index contributed by atoms with van der Waals surface area (Å²) in [6, 6.07) is 0. The molecule has 0 spiro atoms. The van der Waals surface area contributed by atoms with Crippen molar-refractivity contribution in [2.45, 2.75) is 216 Å². The first-order valence-electron chi connectivity index (χ1n) is 22.3. The van der Waals surface area contributed by atoms with Crippen LogP contribution in [0.25, 0.3) is 0 Å². The van der Waals surface area contributed by atoms with Gasteiger partial charge < -0.3 is 14.7 Å². The van der Waals surface area contributed by atoms with Crippen molar-refractivity contribution in [1.82, 2.24) is 14.7 Å². The summed E-state index contributed by atoms with van der Waals surface area (Å²) in [7, 11) is 0. The number of nitrogens with zero attached hydrogens (tertiary/aromatic N) is 3. The maximum atomic E-state index is 12.0. The molecule has 0 aromatic heterocycles. The number of ketones is 3. The predicted molar refractivity (Wildman–Crippen MR) is 227 cm³/mol. The van der Waals surface area contributed by atoms with Gasteiger partial charge in [-0.3, -0.25) is 28.8 Å². The maximum absolute atomic E-state index is 12.0. The number of hydrogen-bond acceptors (Lipinski definition) is 6. The average Bonchev–Trinajstić information content (AvgIpc) is 3.15. The van der Waals surface area contributed by atoms with Crippen LogP contribution in [0.3, 0.4) is 0 Å². The van der Waals surface area contributed by atoms with Crippen molar-refractivity contribution in [3.63, 3.8) is 0 Å². The zero-order valence-corrected chi connectivity index (χ0v) is 38.5. The fourth-order valence-electron chi connectivity index (χ4n) is 5.41. The third-order valence-corrected chi connectivity index (χ3v) is 9.22. The number of carbonyl (C=O) groups is 6.